The summed E-state index contributed by atoms with van der Waals surface area (Å²) in [4.78, 5) is 12.0. The molecular formula is C14H20BrFN2O. The smallest absolute Gasteiger partial charge is 0.242 e. The van der Waals surface area contributed by atoms with Gasteiger partial charge in [0.2, 0.25) is 5.91 Å². The molecule has 0 bridgehead atoms. The molecule has 1 atom stereocenters. The lowest BCUT2D eigenvalue weighted by Crippen LogP contribution is -2.47. The van der Waals surface area contributed by atoms with Gasteiger partial charge in [-0.2, -0.15) is 0 Å². The van der Waals surface area contributed by atoms with Gasteiger partial charge in [-0.3, -0.25) is 4.79 Å². The Kier molecular flexibility index (Phi) is 4.96. The number of benzene rings is 1. The second kappa shape index (κ2) is 5.90. The van der Waals surface area contributed by atoms with Crippen LogP contribution in [0.5, 0.6) is 0 Å². The van der Waals surface area contributed by atoms with E-state index in [0.717, 1.165) is 11.3 Å². The zero-order chi connectivity index (χ0) is 14.8. The molecule has 0 saturated carbocycles. The van der Waals surface area contributed by atoms with Crippen LogP contribution in [0.3, 0.4) is 0 Å². The third-order valence-electron chi connectivity index (χ3n) is 2.53. The number of hydrogen-bond donors (Lipinski definition) is 2. The predicted octanol–water partition coefficient (Wildman–Crippen LogP) is 3.61. The van der Waals surface area contributed by atoms with Crippen LogP contribution in [-0.4, -0.2) is 17.5 Å². The zero-order valence-corrected chi connectivity index (χ0v) is 13.5. The van der Waals surface area contributed by atoms with E-state index in [4.69, 9.17) is 0 Å². The van der Waals surface area contributed by atoms with E-state index < -0.39 is 6.04 Å². The molecule has 0 aliphatic rings. The average molecular weight is 331 g/mol. The molecule has 1 aromatic carbocycles. The normalized spacial score (nSPS) is 13.0. The molecule has 0 spiro atoms. The van der Waals surface area contributed by atoms with E-state index in [1.807, 2.05) is 20.8 Å². The fourth-order valence-electron chi connectivity index (χ4n) is 1.58. The van der Waals surface area contributed by atoms with Crippen LogP contribution >= 0.6 is 15.9 Å². The summed E-state index contributed by atoms with van der Waals surface area (Å²) in [6.45, 7) is 9.36. The second-order valence-electron chi connectivity index (χ2n) is 5.69. The number of halogens is 2. The fourth-order valence-corrected chi connectivity index (χ4v) is 1.92. The number of rotatable bonds is 3. The molecule has 106 valence electrons. The van der Waals surface area contributed by atoms with Gasteiger partial charge in [0, 0.05) is 11.2 Å². The van der Waals surface area contributed by atoms with Gasteiger partial charge < -0.3 is 10.6 Å². The van der Waals surface area contributed by atoms with E-state index in [2.05, 4.69) is 26.6 Å². The molecule has 0 fully saturated rings. The Labute approximate surface area is 122 Å². The van der Waals surface area contributed by atoms with Crippen molar-refractivity contribution in [2.45, 2.75) is 46.2 Å². The Morgan fingerprint density at radius 3 is 2.47 bits per heavy atom. The largest absolute Gasteiger partial charge is 0.374 e. The highest BCUT2D eigenvalue weighted by Gasteiger charge is 2.19. The van der Waals surface area contributed by atoms with Crippen molar-refractivity contribution in [2.75, 3.05) is 5.32 Å². The minimum Gasteiger partial charge on any atom is -0.374 e. The van der Waals surface area contributed by atoms with Crippen LogP contribution in [0.25, 0.3) is 0 Å². The molecule has 1 unspecified atom stereocenters. The first kappa shape index (κ1) is 16.0. The Morgan fingerprint density at radius 1 is 1.37 bits per heavy atom. The first-order valence-corrected chi connectivity index (χ1v) is 6.93. The van der Waals surface area contributed by atoms with Crippen LogP contribution in [0.1, 0.15) is 33.3 Å². The molecule has 1 amide bonds. The van der Waals surface area contributed by atoms with Gasteiger partial charge in [0.15, 0.2) is 0 Å². The van der Waals surface area contributed by atoms with Crippen LogP contribution < -0.4 is 10.6 Å². The van der Waals surface area contributed by atoms with Gasteiger partial charge in [-0.25, -0.2) is 4.39 Å². The lowest BCUT2D eigenvalue weighted by atomic mass is 10.1. The van der Waals surface area contributed by atoms with Crippen LogP contribution in [0.4, 0.5) is 10.1 Å². The maximum absolute atomic E-state index is 13.3. The summed E-state index contributed by atoms with van der Waals surface area (Å²) in [5.74, 6) is -0.401. The monoisotopic (exact) mass is 330 g/mol. The zero-order valence-electron chi connectivity index (χ0n) is 11.9. The molecule has 0 radical (unpaired) electrons. The third kappa shape index (κ3) is 4.82. The molecule has 0 aliphatic carbocycles. The van der Waals surface area contributed by atoms with Crippen molar-refractivity contribution in [1.82, 2.24) is 5.32 Å². The van der Waals surface area contributed by atoms with Crippen molar-refractivity contribution in [3.05, 3.63) is 28.0 Å². The lowest BCUT2D eigenvalue weighted by molar-refractivity contribution is -0.122. The van der Waals surface area contributed by atoms with Crippen LogP contribution in [-0.2, 0) is 4.79 Å². The summed E-state index contributed by atoms with van der Waals surface area (Å²) in [5.41, 5.74) is 1.23. The summed E-state index contributed by atoms with van der Waals surface area (Å²) >= 11 is 3.14. The third-order valence-corrected chi connectivity index (χ3v) is 3.14. The van der Waals surface area contributed by atoms with Crippen LogP contribution in [0.2, 0.25) is 0 Å². The number of carbonyl (C=O) groups excluding carboxylic acids is 1. The second-order valence-corrected chi connectivity index (χ2v) is 6.54. The standard InChI is InChI=1S/C14H20BrFN2O/c1-8-6-11(16)10(15)7-12(8)17-9(2)13(19)18-14(3,4)5/h6-7,9,17H,1-5H3,(H,18,19). The van der Waals surface area contributed by atoms with Gasteiger partial charge in [0.05, 0.1) is 4.47 Å². The first-order valence-electron chi connectivity index (χ1n) is 6.14. The van der Waals surface area contributed by atoms with Crippen molar-refractivity contribution in [1.29, 1.82) is 0 Å². The number of aryl methyl sites for hydroxylation is 1. The molecule has 0 aliphatic heterocycles. The van der Waals surface area contributed by atoms with E-state index in [-0.39, 0.29) is 17.3 Å². The first-order chi connectivity index (χ1) is 8.60. The summed E-state index contributed by atoms with van der Waals surface area (Å²) in [7, 11) is 0. The highest BCUT2D eigenvalue weighted by molar-refractivity contribution is 9.10. The van der Waals surface area contributed by atoms with Gasteiger partial charge in [-0.15, -0.1) is 0 Å². The molecule has 2 N–H and O–H groups in total. The van der Waals surface area contributed by atoms with Gasteiger partial charge >= 0.3 is 0 Å². The van der Waals surface area contributed by atoms with Gasteiger partial charge in [0.25, 0.3) is 0 Å². The molecule has 0 aromatic heterocycles. The Balaban J connectivity index is 2.80. The minimum atomic E-state index is -0.393. The van der Waals surface area contributed by atoms with Gasteiger partial charge in [0.1, 0.15) is 11.9 Å². The molecule has 5 heteroatoms. The fraction of sp³-hybridized carbons (Fsp3) is 0.500. The summed E-state index contributed by atoms with van der Waals surface area (Å²) in [6, 6.07) is 2.68. The van der Waals surface area contributed by atoms with Crippen LogP contribution in [0.15, 0.2) is 16.6 Å². The molecule has 3 nitrogen and oxygen atoms in total. The highest BCUT2D eigenvalue weighted by atomic mass is 79.9. The maximum Gasteiger partial charge on any atom is 0.242 e. The summed E-state index contributed by atoms with van der Waals surface area (Å²) < 4.78 is 13.7. The van der Waals surface area contributed by atoms with E-state index in [0.29, 0.717) is 4.47 Å². The Bertz CT molecular complexity index is 483. The predicted molar refractivity (Wildman–Crippen MR) is 79.8 cm³/mol. The SMILES string of the molecule is Cc1cc(F)c(Br)cc1NC(C)C(=O)NC(C)(C)C. The van der Waals surface area contributed by atoms with E-state index in [1.54, 1.807) is 19.9 Å². The number of anilines is 1. The van der Waals surface area contributed by atoms with Gasteiger partial charge in [-0.1, -0.05) is 0 Å². The van der Waals surface area contributed by atoms with E-state index >= 15 is 0 Å². The van der Waals surface area contributed by atoms with E-state index in [9.17, 15) is 9.18 Å². The van der Waals surface area contributed by atoms with Crippen molar-refractivity contribution < 1.29 is 9.18 Å². The quantitative estimate of drug-likeness (QED) is 0.888. The highest BCUT2D eigenvalue weighted by Crippen LogP contribution is 2.24. The van der Waals surface area contributed by atoms with Crippen molar-refractivity contribution in [3.8, 4) is 0 Å². The molecule has 19 heavy (non-hydrogen) atoms. The number of hydrogen-bond acceptors (Lipinski definition) is 2. The summed E-state index contributed by atoms with van der Waals surface area (Å²) in [5, 5.41) is 5.99. The average Bonchev–Trinajstić information content (AvgIpc) is 2.23. The van der Waals surface area contributed by atoms with Gasteiger partial charge in [-0.05, 0) is 68.2 Å². The molecule has 1 aromatic rings. The van der Waals surface area contributed by atoms with Crippen molar-refractivity contribution in [3.63, 3.8) is 0 Å². The van der Waals surface area contributed by atoms with Crippen molar-refractivity contribution >= 4 is 27.5 Å². The molecule has 1 rings (SSSR count). The number of nitrogens with one attached hydrogen (secondary N) is 2. The number of amides is 1. The molecule has 0 heterocycles. The number of carbonyl (C=O) groups is 1. The summed E-state index contributed by atoms with van der Waals surface area (Å²) in [6.07, 6.45) is 0. The lowest BCUT2D eigenvalue weighted by Gasteiger charge is -2.24. The van der Waals surface area contributed by atoms with Crippen LogP contribution in [0, 0.1) is 12.7 Å². The van der Waals surface area contributed by atoms with E-state index in [1.165, 1.54) is 6.07 Å². The molecular weight excluding hydrogens is 311 g/mol. The topological polar surface area (TPSA) is 41.1 Å². The molecule has 0 saturated heterocycles. The maximum atomic E-state index is 13.3. The Hall–Kier alpha value is -1.10. The van der Waals surface area contributed by atoms with Crippen molar-refractivity contribution in [2.24, 2.45) is 0 Å². The Morgan fingerprint density at radius 2 is 1.95 bits per heavy atom. The minimum absolute atomic E-state index is 0.0904.